The van der Waals surface area contributed by atoms with Crippen LogP contribution >= 0.6 is 0 Å². The van der Waals surface area contributed by atoms with Gasteiger partial charge in [-0.25, -0.2) is 8.78 Å². The monoisotopic (exact) mass is 346 g/mol. The molecule has 1 saturated heterocycles. The van der Waals surface area contributed by atoms with Crippen LogP contribution in [-0.4, -0.2) is 34.0 Å². The largest absolute Gasteiger partial charge is 0.481 e. The summed E-state index contributed by atoms with van der Waals surface area (Å²) in [7, 11) is 0. The third kappa shape index (κ3) is 3.69. The molecule has 3 rings (SSSR count). The van der Waals surface area contributed by atoms with Crippen molar-refractivity contribution in [2.24, 2.45) is 5.92 Å². The summed E-state index contributed by atoms with van der Waals surface area (Å²) in [4.78, 5) is 17.8. The minimum Gasteiger partial charge on any atom is -0.481 e. The summed E-state index contributed by atoms with van der Waals surface area (Å²) >= 11 is 0. The van der Waals surface area contributed by atoms with Crippen molar-refractivity contribution in [3.8, 4) is 0 Å². The van der Waals surface area contributed by atoms with E-state index in [1.54, 1.807) is 12.3 Å². The van der Waals surface area contributed by atoms with E-state index in [9.17, 15) is 18.7 Å². The lowest BCUT2D eigenvalue weighted by Crippen LogP contribution is -2.42. The Balaban J connectivity index is 2.06. The number of halogens is 2. The predicted molar refractivity (Wildman–Crippen MR) is 89.1 cm³/mol. The zero-order valence-electron chi connectivity index (χ0n) is 14.0. The van der Waals surface area contributed by atoms with E-state index >= 15 is 0 Å². The summed E-state index contributed by atoms with van der Waals surface area (Å²) in [6.45, 7) is 2.84. The molecule has 0 amide bonds. The summed E-state index contributed by atoms with van der Waals surface area (Å²) in [5.74, 6) is -2.63. The first kappa shape index (κ1) is 17.5. The Kier molecular flexibility index (Phi) is 5.08. The zero-order valence-corrected chi connectivity index (χ0v) is 14.0. The minimum atomic E-state index is -0.847. The molecule has 0 bridgehead atoms. The third-order valence-corrected chi connectivity index (χ3v) is 4.73. The zero-order chi connectivity index (χ0) is 18.0. The van der Waals surface area contributed by atoms with Crippen LogP contribution in [-0.2, 0) is 4.79 Å². The van der Waals surface area contributed by atoms with Crippen molar-refractivity contribution >= 4 is 5.97 Å². The Morgan fingerprint density at radius 2 is 2.16 bits per heavy atom. The average Bonchev–Trinajstić information content (AvgIpc) is 2.59. The quantitative estimate of drug-likeness (QED) is 0.920. The van der Waals surface area contributed by atoms with Crippen LogP contribution in [0.1, 0.15) is 35.7 Å². The van der Waals surface area contributed by atoms with Gasteiger partial charge in [-0.15, -0.1) is 0 Å². The molecule has 0 radical (unpaired) electrons. The third-order valence-electron chi connectivity index (χ3n) is 4.73. The number of carboxylic acid groups (broad SMARTS) is 1. The maximum Gasteiger partial charge on any atom is 0.307 e. The highest BCUT2D eigenvalue weighted by Gasteiger charge is 2.33. The molecule has 132 valence electrons. The Morgan fingerprint density at radius 1 is 1.36 bits per heavy atom. The van der Waals surface area contributed by atoms with E-state index < -0.39 is 29.6 Å². The lowest BCUT2D eigenvalue weighted by atomic mass is 9.92. The van der Waals surface area contributed by atoms with Crippen molar-refractivity contribution in [1.29, 1.82) is 0 Å². The highest BCUT2D eigenvalue weighted by Crippen LogP contribution is 2.34. The SMILES string of the molecule is Cc1cccnc1C(c1ccc(F)cc1F)N1CCCC(C(=O)O)C1. The molecule has 1 aliphatic rings. The predicted octanol–water partition coefficient (Wildman–Crippen LogP) is 3.55. The number of aryl methyl sites for hydroxylation is 1. The van der Waals surface area contributed by atoms with Crippen LogP contribution in [0, 0.1) is 24.5 Å². The number of pyridine rings is 1. The van der Waals surface area contributed by atoms with Gasteiger partial charge in [-0.05, 0) is 44.0 Å². The normalized spacial score (nSPS) is 19.6. The molecule has 2 aromatic rings. The molecule has 2 atom stereocenters. The van der Waals surface area contributed by atoms with Gasteiger partial charge < -0.3 is 5.11 Å². The van der Waals surface area contributed by atoms with Crippen LogP contribution in [0.4, 0.5) is 8.78 Å². The molecule has 0 saturated carbocycles. The molecule has 1 N–H and O–H groups in total. The number of carboxylic acids is 1. The van der Waals surface area contributed by atoms with E-state index in [1.165, 1.54) is 12.1 Å². The van der Waals surface area contributed by atoms with E-state index in [-0.39, 0.29) is 0 Å². The number of benzene rings is 1. The van der Waals surface area contributed by atoms with Gasteiger partial charge in [0, 0.05) is 24.4 Å². The van der Waals surface area contributed by atoms with Crippen molar-refractivity contribution < 1.29 is 18.7 Å². The number of aromatic nitrogens is 1. The molecule has 1 aliphatic heterocycles. The number of nitrogens with zero attached hydrogens (tertiary/aromatic N) is 2. The Labute approximate surface area is 145 Å². The standard InChI is InChI=1S/C19H20F2N2O2/c1-12-4-2-8-22-17(12)18(15-7-6-14(20)10-16(15)21)23-9-3-5-13(11-23)19(24)25/h2,4,6-8,10,13,18H,3,5,9,11H2,1H3,(H,24,25). The van der Waals surface area contributed by atoms with E-state index in [1.807, 2.05) is 17.9 Å². The number of hydrogen-bond acceptors (Lipinski definition) is 3. The summed E-state index contributed by atoms with van der Waals surface area (Å²) in [6.07, 6.45) is 2.95. The Morgan fingerprint density at radius 3 is 2.84 bits per heavy atom. The van der Waals surface area contributed by atoms with Crippen LogP contribution in [0.25, 0.3) is 0 Å². The van der Waals surface area contributed by atoms with Gasteiger partial charge in [0.2, 0.25) is 0 Å². The number of piperidine rings is 1. The summed E-state index contributed by atoms with van der Waals surface area (Å²) in [6, 6.07) is 6.65. The van der Waals surface area contributed by atoms with Crippen molar-refractivity contribution in [3.63, 3.8) is 0 Å². The smallest absolute Gasteiger partial charge is 0.307 e. The minimum absolute atomic E-state index is 0.312. The van der Waals surface area contributed by atoms with Crippen LogP contribution in [0.5, 0.6) is 0 Å². The molecule has 2 unspecified atom stereocenters. The molecular formula is C19H20F2N2O2. The lowest BCUT2D eigenvalue weighted by Gasteiger charge is -2.37. The highest BCUT2D eigenvalue weighted by molar-refractivity contribution is 5.70. The van der Waals surface area contributed by atoms with Crippen molar-refractivity contribution in [2.45, 2.75) is 25.8 Å². The molecule has 0 aliphatic carbocycles. The van der Waals surface area contributed by atoms with Gasteiger partial charge in [0.15, 0.2) is 0 Å². The fraction of sp³-hybridized carbons (Fsp3) is 0.368. The number of aliphatic carboxylic acids is 1. The average molecular weight is 346 g/mol. The second kappa shape index (κ2) is 7.27. The second-order valence-corrected chi connectivity index (χ2v) is 6.45. The molecule has 2 heterocycles. The van der Waals surface area contributed by atoms with Crippen molar-refractivity contribution in [2.75, 3.05) is 13.1 Å². The Bertz CT molecular complexity index is 782. The van der Waals surface area contributed by atoms with Gasteiger partial charge in [0.1, 0.15) is 11.6 Å². The van der Waals surface area contributed by atoms with E-state index in [0.29, 0.717) is 37.2 Å². The van der Waals surface area contributed by atoms with Gasteiger partial charge in [-0.2, -0.15) is 0 Å². The summed E-state index contributed by atoms with van der Waals surface area (Å²) in [5.41, 5.74) is 1.86. The van der Waals surface area contributed by atoms with Gasteiger partial charge in [0.05, 0.1) is 17.7 Å². The highest BCUT2D eigenvalue weighted by atomic mass is 19.1. The number of hydrogen-bond donors (Lipinski definition) is 1. The van der Waals surface area contributed by atoms with Gasteiger partial charge >= 0.3 is 5.97 Å². The number of likely N-dealkylation sites (tertiary alicyclic amines) is 1. The van der Waals surface area contributed by atoms with Crippen LogP contribution in [0.2, 0.25) is 0 Å². The van der Waals surface area contributed by atoms with E-state index in [4.69, 9.17) is 0 Å². The maximum absolute atomic E-state index is 14.5. The molecule has 1 fully saturated rings. The molecular weight excluding hydrogens is 326 g/mol. The van der Waals surface area contributed by atoms with E-state index in [2.05, 4.69) is 4.98 Å². The van der Waals surface area contributed by atoms with Crippen LogP contribution < -0.4 is 0 Å². The first-order chi connectivity index (χ1) is 12.0. The van der Waals surface area contributed by atoms with Crippen molar-refractivity contribution in [1.82, 2.24) is 9.88 Å². The Hall–Kier alpha value is -2.34. The number of carbonyl (C=O) groups is 1. The van der Waals surface area contributed by atoms with E-state index in [0.717, 1.165) is 11.6 Å². The van der Waals surface area contributed by atoms with Gasteiger partial charge in [-0.1, -0.05) is 12.1 Å². The number of rotatable bonds is 4. The van der Waals surface area contributed by atoms with Crippen molar-refractivity contribution in [3.05, 3.63) is 65.0 Å². The van der Waals surface area contributed by atoms with Crippen LogP contribution in [0.3, 0.4) is 0 Å². The summed E-state index contributed by atoms with van der Waals surface area (Å²) in [5, 5.41) is 9.36. The molecule has 25 heavy (non-hydrogen) atoms. The maximum atomic E-state index is 14.5. The molecule has 6 heteroatoms. The fourth-order valence-corrected chi connectivity index (χ4v) is 3.47. The lowest BCUT2D eigenvalue weighted by molar-refractivity contribution is -0.143. The second-order valence-electron chi connectivity index (χ2n) is 6.45. The first-order valence-corrected chi connectivity index (χ1v) is 8.30. The molecule has 1 aromatic heterocycles. The van der Waals surface area contributed by atoms with Gasteiger partial charge in [-0.3, -0.25) is 14.7 Å². The first-order valence-electron chi connectivity index (χ1n) is 8.30. The molecule has 1 aromatic carbocycles. The topological polar surface area (TPSA) is 53.4 Å². The fourth-order valence-electron chi connectivity index (χ4n) is 3.47. The molecule has 4 nitrogen and oxygen atoms in total. The van der Waals surface area contributed by atoms with Crippen LogP contribution in [0.15, 0.2) is 36.5 Å². The molecule has 0 spiro atoms. The van der Waals surface area contributed by atoms with Gasteiger partial charge in [0.25, 0.3) is 0 Å². The summed E-state index contributed by atoms with van der Waals surface area (Å²) < 4.78 is 27.9.